The lowest BCUT2D eigenvalue weighted by atomic mass is 10.0. The lowest BCUT2D eigenvalue weighted by molar-refractivity contribution is 0.599. The van der Waals surface area contributed by atoms with Gasteiger partial charge < -0.3 is 9.55 Å². The van der Waals surface area contributed by atoms with Gasteiger partial charge in [-0.05, 0) is 62.2 Å². The number of aryl methyl sites for hydroxylation is 1. The summed E-state index contributed by atoms with van der Waals surface area (Å²) >= 11 is 0. The van der Waals surface area contributed by atoms with Crippen LogP contribution in [0, 0.1) is 12.7 Å². The van der Waals surface area contributed by atoms with Crippen LogP contribution in [-0.4, -0.2) is 34.2 Å². The molecule has 3 heterocycles. The molecule has 33 heavy (non-hydrogen) atoms. The van der Waals surface area contributed by atoms with Crippen LogP contribution in [0.4, 0.5) is 4.39 Å². The minimum absolute atomic E-state index is 0.142. The van der Waals surface area contributed by atoms with Crippen molar-refractivity contribution in [3.8, 4) is 22.3 Å². The summed E-state index contributed by atoms with van der Waals surface area (Å²) in [6.45, 7) is 5.97. The smallest absolute Gasteiger partial charge is 0.175 e. The predicted octanol–water partition coefficient (Wildman–Crippen LogP) is 5.68. The predicted molar refractivity (Wildman–Crippen MR) is 128 cm³/mol. The Kier molecular flexibility index (Phi) is 4.86. The lowest BCUT2D eigenvalue weighted by Crippen LogP contribution is -2.02. The number of nitrogens with zero attached hydrogens (tertiary/aromatic N) is 3. The molecule has 0 aliphatic rings. The third kappa shape index (κ3) is 3.60. The Morgan fingerprint density at radius 3 is 2.58 bits per heavy atom. The van der Waals surface area contributed by atoms with Gasteiger partial charge in [0.1, 0.15) is 17.0 Å². The molecule has 0 aliphatic heterocycles. The molecule has 8 heteroatoms. The molecule has 2 aromatic carbocycles. The van der Waals surface area contributed by atoms with Crippen molar-refractivity contribution in [3.63, 3.8) is 0 Å². The zero-order valence-electron chi connectivity index (χ0n) is 18.7. The lowest BCUT2D eigenvalue weighted by Gasteiger charge is -2.11. The molecule has 6 nitrogen and oxygen atoms in total. The number of rotatable bonds is 4. The number of hydrogen-bond donors (Lipinski definition) is 1. The molecule has 0 bridgehead atoms. The number of pyridine rings is 1. The average Bonchev–Trinajstić information content (AvgIpc) is 3.33. The fourth-order valence-corrected chi connectivity index (χ4v) is 5.05. The summed E-state index contributed by atoms with van der Waals surface area (Å²) in [5.41, 5.74) is 4.83. The third-order valence-corrected chi connectivity index (χ3v) is 6.99. The Bertz CT molecular complexity index is 1650. The van der Waals surface area contributed by atoms with Crippen molar-refractivity contribution >= 4 is 31.9 Å². The van der Waals surface area contributed by atoms with Crippen LogP contribution < -0.4 is 0 Å². The van der Waals surface area contributed by atoms with Crippen molar-refractivity contribution in [2.75, 3.05) is 6.26 Å². The molecule has 3 aromatic heterocycles. The number of aromatic nitrogens is 4. The van der Waals surface area contributed by atoms with Crippen molar-refractivity contribution in [3.05, 3.63) is 66.5 Å². The number of benzene rings is 2. The van der Waals surface area contributed by atoms with Gasteiger partial charge in [-0.25, -0.2) is 22.8 Å². The van der Waals surface area contributed by atoms with E-state index in [0.29, 0.717) is 11.2 Å². The van der Waals surface area contributed by atoms with Gasteiger partial charge in [0.2, 0.25) is 0 Å². The molecule has 0 aliphatic carbocycles. The number of halogens is 1. The van der Waals surface area contributed by atoms with Crippen LogP contribution >= 0.6 is 0 Å². The van der Waals surface area contributed by atoms with Gasteiger partial charge in [-0.3, -0.25) is 0 Å². The number of imidazole rings is 1. The van der Waals surface area contributed by atoms with E-state index in [9.17, 15) is 8.42 Å². The van der Waals surface area contributed by atoms with Gasteiger partial charge in [0, 0.05) is 41.2 Å². The molecule has 5 aromatic rings. The number of aromatic amines is 1. The first kappa shape index (κ1) is 21.3. The minimum atomic E-state index is -3.33. The highest BCUT2D eigenvalue weighted by molar-refractivity contribution is 7.90. The number of sulfone groups is 1. The third-order valence-electron chi connectivity index (χ3n) is 5.88. The van der Waals surface area contributed by atoms with Crippen molar-refractivity contribution < 1.29 is 12.8 Å². The summed E-state index contributed by atoms with van der Waals surface area (Å²) in [5.74, 6) is 0.397. The van der Waals surface area contributed by atoms with Crippen molar-refractivity contribution in [2.45, 2.75) is 31.7 Å². The first-order chi connectivity index (χ1) is 15.6. The summed E-state index contributed by atoms with van der Waals surface area (Å²) < 4.78 is 41.0. The van der Waals surface area contributed by atoms with E-state index in [2.05, 4.69) is 15.0 Å². The second kappa shape index (κ2) is 7.52. The highest BCUT2D eigenvalue weighted by Crippen LogP contribution is 2.35. The average molecular weight is 463 g/mol. The fourth-order valence-electron chi connectivity index (χ4n) is 4.38. The Morgan fingerprint density at radius 2 is 1.85 bits per heavy atom. The molecular formula is C25H23FN4O2S. The number of hydrogen-bond acceptors (Lipinski definition) is 4. The number of nitrogens with one attached hydrogen (secondary N) is 1. The standard InChI is InChI=1S/C25H23FN4O2S/c1-14(2)30-15(3)29-24-22(26)10-17(11-23(24)30)21-13-28-25-20(21)9-18(12-27-25)16-6-5-7-19(8-16)33(4,31)32/h5-14H,1-4H3,(H,27,28). The molecule has 0 fully saturated rings. The molecule has 0 saturated carbocycles. The maximum Gasteiger partial charge on any atom is 0.175 e. The van der Waals surface area contributed by atoms with E-state index in [0.717, 1.165) is 39.0 Å². The Balaban J connectivity index is 1.69. The molecule has 0 radical (unpaired) electrons. The van der Waals surface area contributed by atoms with Crippen molar-refractivity contribution in [2.24, 2.45) is 0 Å². The molecule has 1 N–H and O–H groups in total. The van der Waals surface area contributed by atoms with Gasteiger partial charge in [-0.15, -0.1) is 0 Å². The quantitative estimate of drug-likeness (QED) is 0.373. The summed E-state index contributed by atoms with van der Waals surface area (Å²) in [5, 5.41) is 0.823. The van der Waals surface area contributed by atoms with Gasteiger partial charge in [0.25, 0.3) is 0 Å². The topological polar surface area (TPSA) is 80.6 Å². The van der Waals surface area contributed by atoms with E-state index in [1.54, 1.807) is 24.4 Å². The minimum Gasteiger partial charge on any atom is -0.346 e. The van der Waals surface area contributed by atoms with E-state index in [1.165, 1.54) is 12.3 Å². The van der Waals surface area contributed by atoms with Gasteiger partial charge >= 0.3 is 0 Å². The van der Waals surface area contributed by atoms with Crippen LogP contribution in [0.25, 0.3) is 44.3 Å². The molecule has 0 saturated heterocycles. The SMILES string of the molecule is Cc1nc2c(F)cc(-c3c[nH]c4ncc(-c5cccc(S(C)(=O)=O)c5)cc34)cc2n1C(C)C. The monoisotopic (exact) mass is 462 g/mol. The Morgan fingerprint density at radius 1 is 1.06 bits per heavy atom. The van der Waals surface area contributed by atoms with Crippen molar-refractivity contribution in [1.82, 2.24) is 19.5 Å². The van der Waals surface area contributed by atoms with Crippen LogP contribution in [0.3, 0.4) is 0 Å². The molecular weight excluding hydrogens is 439 g/mol. The molecule has 0 unspecified atom stereocenters. The maximum absolute atomic E-state index is 15.0. The molecule has 0 spiro atoms. The molecule has 0 amide bonds. The van der Waals surface area contributed by atoms with Gasteiger partial charge in [-0.2, -0.15) is 0 Å². The second-order valence-corrected chi connectivity index (χ2v) is 10.6. The zero-order chi connectivity index (χ0) is 23.5. The summed E-state index contributed by atoms with van der Waals surface area (Å²) in [4.78, 5) is 12.3. The van der Waals surface area contributed by atoms with Crippen LogP contribution in [-0.2, 0) is 9.84 Å². The van der Waals surface area contributed by atoms with Gasteiger partial charge in [-0.1, -0.05) is 12.1 Å². The summed E-state index contributed by atoms with van der Waals surface area (Å²) in [6.07, 6.45) is 4.70. The van der Waals surface area contributed by atoms with Crippen molar-refractivity contribution in [1.29, 1.82) is 0 Å². The first-order valence-corrected chi connectivity index (χ1v) is 12.5. The zero-order valence-corrected chi connectivity index (χ0v) is 19.5. The van der Waals surface area contributed by atoms with E-state index in [4.69, 9.17) is 0 Å². The van der Waals surface area contributed by atoms with Crippen LogP contribution in [0.15, 0.2) is 59.8 Å². The van der Waals surface area contributed by atoms with Crippen LogP contribution in [0.2, 0.25) is 0 Å². The molecule has 0 atom stereocenters. The molecule has 5 rings (SSSR count). The van der Waals surface area contributed by atoms with E-state index >= 15 is 4.39 Å². The van der Waals surface area contributed by atoms with Gasteiger partial charge in [0.15, 0.2) is 15.7 Å². The molecule has 168 valence electrons. The Labute approximate surface area is 191 Å². The highest BCUT2D eigenvalue weighted by atomic mass is 32.2. The van der Waals surface area contributed by atoms with E-state index < -0.39 is 9.84 Å². The summed E-state index contributed by atoms with van der Waals surface area (Å²) in [7, 11) is -3.33. The first-order valence-electron chi connectivity index (χ1n) is 10.6. The summed E-state index contributed by atoms with van der Waals surface area (Å²) in [6, 6.07) is 12.3. The Hall–Kier alpha value is -3.52. The number of fused-ring (bicyclic) bond motifs is 2. The normalized spacial score (nSPS) is 12.3. The van der Waals surface area contributed by atoms with Crippen LogP contribution in [0.5, 0.6) is 0 Å². The van der Waals surface area contributed by atoms with Crippen LogP contribution in [0.1, 0.15) is 25.7 Å². The van der Waals surface area contributed by atoms with Gasteiger partial charge in [0.05, 0.1) is 10.4 Å². The maximum atomic E-state index is 15.0. The second-order valence-electron chi connectivity index (χ2n) is 8.57. The largest absolute Gasteiger partial charge is 0.346 e. The highest BCUT2D eigenvalue weighted by Gasteiger charge is 2.18. The van der Waals surface area contributed by atoms with E-state index in [-0.39, 0.29) is 16.8 Å². The fraction of sp³-hybridized carbons (Fsp3) is 0.200. The number of H-pyrrole nitrogens is 1. The van der Waals surface area contributed by atoms with E-state index in [1.807, 2.05) is 49.7 Å².